The van der Waals surface area contributed by atoms with Gasteiger partial charge in [-0.05, 0) is 20.6 Å². The van der Waals surface area contributed by atoms with Crippen molar-refractivity contribution in [1.82, 2.24) is 10.6 Å². The molecule has 9 heteroatoms. The van der Waals surface area contributed by atoms with Gasteiger partial charge in [0.25, 0.3) is 0 Å². The van der Waals surface area contributed by atoms with Gasteiger partial charge in [0, 0.05) is 13.1 Å². The van der Waals surface area contributed by atoms with E-state index < -0.39 is 0 Å². The molecule has 0 aliphatic carbocycles. The van der Waals surface area contributed by atoms with Gasteiger partial charge in [-0.3, -0.25) is 0 Å². The summed E-state index contributed by atoms with van der Waals surface area (Å²) < 4.78 is 0.985. The summed E-state index contributed by atoms with van der Waals surface area (Å²) in [5.74, 6) is 0. The summed E-state index contributed by atoms with van der Waals surface area (Å²) in [6, 6.07) is 0. The standard InChI is InChI=1S/C4H8N2S4.C3H8.C2H2S3/c7-3(8)5-1-2-6-4(9)10;1-3-2;1-2-4-5-3-1/h1-2H2,(H2,5,7,8)(H2,6,9,10);3H2,1-2H3;1-2H. The van der Waals surface area contributed by atoms with Crippen LogP contribution in [0.1, 0.15) is 20.3 Å². The summed E-state index contributed by atoms with van der Waals surface area (Å²) in [6.45, 7) is 5.67. The summed E-state index contributed by atoms with van der Waals surface area (Å²) in [6.07, 6.45) is 1.25. The zero-order chi connectivity index (χ0) is 14.2. The molecule has 2 N–H and O–H groups in total. The van der Waals surface area contributed by atoms with E-state index in [0.717, 1.165) is 0 Å². The monoisotopic (exact) mass is 378 g/mol. The Kier molecular flexibility index (Phi) is 21.9. The van der Waals surface area contributed by atoms with Gasteiger partial charge in [0.1, 0.15) is 8.64 Å². The van der Waals surface area contributed by atoms with E-state index in [1.807, 2.05) is 0 Å². The molecular formula is C9H18N2S7. The lowest BCUT2D eigenvalue weighted by Gasteiger charge is -2.03. The van der Waals surface area contributed by atoms with Crippen molar-refractivity contribution in [3.63, 3.8) is 0 Å². The minimum absolute atomic E-state index is 0.492. The molecule has 1 aliphatic heterocycles. The van der Waals surface area contributed by atoms with Crippen LogP contribution in [0.5, 0.6) is 0 Å². The molecule has 0 bridgehead atoms. The molecule has 2 nitrogen and oxygen atoms in total. The van der Waals surface area contributed by atoms with Crippen molar-refractivity contribution < 1.29 is 0 Å². The minimum atomic E-state index is 0.492. The SMILES string of the molecule is C1=CSSS1.CCC.S=C(S)NCCNC(=S)S. The molecule has 0 saturated heterocycles. The Balaban J connectivity index is 0. The van der Waals surface area contributed by atoms with Gasteiger partial charge in [0.2, 0.25) is 0 Å². The Morgan fingerprint density at radius 3 is 1.50 bits per heavy atom. The highest BCUT2D eigenvalue weighted by Gasteiger charge is 1.88. The molecule has 18 heavy (non-hydrogen) atoms. The predicted octanol–water partition coefficient (Wildman–Crippen LogP) is 4.51. The number of hydrogen-bond donors (Lipinski definition) is 4. The van der Waals surface area contributed by atoms with Crippen LogP contribution >= 0.6 is 81.1 Å². The van der Waals surface area contributed by atoms with E-state index >= 15 is 0 Å². The third-order valence-electron chi connectivity index (χ3n) is 0.923. The molecule has 0 atom stereocenters. The summed E-state index contributed by atoms with van der Waals surface area (Å²) in [5.41, 5.74) is 0. The second-order valence-electron chi connectivity index (χ2n) is 2.70. The average molecular weight is 379 g/mol. The first-order valence-corrected chi connectivity index (χ1v) is 10.4. The second-order valence-corrected chi connectivity index (χ2v) is 8.87. The Labute approximate surface area is 143 Å². The topological polar surface area (TPSA) is 24.1 Å². The van der Waals surface area contributed by atoms with Gasteiger partial charge in [0.15, 0.2) is 0 Å². The first kappa shape index (κ1) is 21.6. The van der Waals surface area contributed by atoms with Crippen LogP contribution in [0.2, 0.25) is 0 Å². The lowest BCUT2D eigenvalue weighted by Crippen LogP contribution is -2.29. The predicted molar refractivity (Wildman–Crippen MR) is 107 cm³/mol. The lowest BCUT2D eigenvalue weighted by molar-refractivity contribution is 0.834. The molecule has 1 aliphatic rings. The van der Waals surface area contributed by atoms with Crippen molar-refractivity contribution in [1.29, 1.82) is 0 Å². The molecule has 0 spiro atoms. The van der Waals surface area contributed by atoms with Crippen LogP contribution in [-0.2, 0) is 0 Å². The third-order valence-corrected chi connectivity index (χ3v) is 4.90. The Morgan fingerprint density at radius 2 is 1.33 bits per heavy atom. The van der Waals surface area contributed by atoms with E-state index in [1.165, 1.54) is 6.42 Å². The molecule has 0 unspecified atom stereocenters. The summed E-state index contributed by atoms with van der Waals surface area (Å²) in [7, 11) is 5.34. The van der Waals surface area contributed by atoms with Crippen molar-refractivity contribution >= 4 is 89.7 Å². The van der Waals surface area contributed by atoms with E-state index in [2.05, 4.69) is 85.0 Å². The van der Waals surface area contributed by atoms with Gasteiger partial charge >= 0.3 is 0 Å². The van der Waals surface area contributed by atoms with Crippen molar-refractivity contribution in [2.75, 3.05) is 13.1 Å². The fourth-order valence-electron chi connectivity index (χ4n) is 0.452. The zero-order valence-electron chi connectivity index (χ0n) is 10.2. The van der Waals surface area contributed by atoms with E-state index in [4.69, 9.17) is 0 Å². The Morgan fingerprint density at radius 1 is 1.00 bits per heavy atom. The van der Waals surface area contributed by atoms with E-state index in [1.54, 1.807) is 31.4 Å². The number of thiol groups is 2. The fourth-order valence-corrected chi connectivity index (χ4v) is 3.83. The maximum atomic E-state index is 4.65. The van der Waals surface area contributed by atoms with Crippen molar-refractivity contribution in [3.05, 3.63) is 10.8 Å². The van der Waals surface area contributed by atoms with E-state index in [0.29, 0.717) is 21.7 Å². The highest BCUT2D eigenvalue weighted by molar-refractivity contribution is 9.11. The fraction of sp³-hybridized carbons (Fsp3) is 0.556. The molecule has 0 aromatic heterocycles. The van der Waals surface area contributed by atoms with Gasteiger partial charge in [0.05, 0.1) is 0 Å². The summed E-state index contributed by atoms with van der Waals surface area (Å²) in [4.78, 5) is 0. The lowest BCUT2D eigenvalue weighted by atomic mass is 10.6. The quantitative estimate of drug-likeness (QED) is 0.248. The van der Waals surface area contributed by atoms with Gasteiger partial charge in [-0.25, -0.2) is 0 Å². The van der Waals surface area contributed by atoms with Crippen LogP contribution in [-0.4, -0.2) is 21.7 Å². The molecule has 106 valence electrons. The molecule has 0 fully saturated rings. The highest BCUT2D eigenvalue weighted by Crippen LogP contribution is 2.42. The van der Waals surface area contributed by atoms with Crippen LogP contribution < -0.4 is 10.6 Å². The van der Waals surface area contributed by atoms with E-state index in [-0.39, 0.29) is 0 Å². The van der Waals surface area contributed by atoms with Crippen LogP contribution in [0.15, 0.2) is 10.8 Å². The molecular weight excluding hydrogens is 361 g/mol. The minimum Gasteiger partial charge on any atom is -0.369 e. The van der Waals surface area contributed by atoms with Gasteiger partial charge in [-0.15, -0.1) is 25.3 Å². The number of hydrogen-bond acceptors (Lipinski definition) is 5. The smallest absolute Gasteiger partial charge is 0.130 e. The maximum Gasteiger partial charge on any atom is 0.130 e. The van der Waals surface area contributed by atoms with Gasteiger partial charge in [-0.2, -0.15) is 0 Å². The van der Waals surface area contributed by atoms with Gasteiger partial charge in [-0.1, -0.05) is 66.3 Å². The Hall–Kier alpha value is 1.27. The second kappa shape index (κ2) is 18.3. The average Bonchev–Trinajstić information content (AvgIpc) is 2.83. The maximum absolute atomic E-state index is 4.65. The first-order valence-electron chi connectivity index (χ1n) is 5.11. The highest BCUT2D eigenvalue weighted by atomic mass is 33.5. The van der Waals surface area contributed by atoms with Crippen molar-refractivity contribution in [3.8, 4) is 0 Å². The van der Waals surface area contributed by atoms with Crippen LogP contribution in [0.3, 0.4) is 0 Å². The molecule has 0 amide bonds. The Bertz CT molecular complexity index is 223. The molecule has 1 rings (SSSR count). The van der Waals surface area contributed by atoms with Crippen LogP contribution in [0, 0.1) is 0 Å². The number of nitrogens with one attached hydrogen (secondary N) is 2. The first-order chi connectivity index (χ1) is 8.54. The number of rotatable bonds is 3. The third kappa shape index (κ3) is 26.0. The van der Waals surface area contributed by atoms with Crippen molar-refractivity contribution in [2.45, 2.75) is 20.3 Å². The molecule has 0 radical (unpaired) electrons. The van der Waals surface area contributed by atoms with E-state index in [9.17, 15) is 0 Å². The molecule has 1 heterocycles. The zero-order valence-corrected chi connectivity index (χ0v) is 16.1. The van der Waals surface area contributed by atoms with Crippen molar-refractivity contribution in [2.24, 2.45) is 0 Å². The van der Waals surface area contributed by atoms with Crippen LogP contribution in [0.25, 0.3) is 0 Å². The normalized spacial score (nSPS) is 11.6. The van der Waals surface area contributed by atoms with Gasteiger partial charge < -0.3 is 10.6 Å². The van der Waals surface area contributed by atoms with Crippen LogP contribution in [0.4, 0.5) is 0 Å². The summed E-state index contributed by atoms with van der Waals surface area (Å²) >= 11 is 17.0. The number of thiocarbonyl (C=S) groups is 2. The molecule has 0 saturated carbocycles. The molecule has 0 aromatic rings. The molecule has 0 aromatic carbocycles. The largest absolute Gasteiger partial charge is 0.369 e. The summed E-state index contributed by atoms with van der Waals surface area (Å²) in [5, 5.41) is 9.84.